The molecule has 0 atom stereocenters. The Hall–Kier alpha value is -2.99. The van der Waals surface area contributed by atoms with E-state index in [4.69, 9.17) is 25.5 Å². The van der Waals surface area contributed by atoms with E-state index in [0.717, 1.165) is 22.0 Å². The molecule has 0 fully saturated rings. The summed E-state index contributed by atoms with van der Waals surface area (Å²) < 4.78 is 16.3. The predicted molar refractivity (Wildman–Crippen MR) is 101 cm³/mol. The van der Waals surface area contributed by atoms with Crippen molar-refractivity contribution in [1.29, 1.82) is 0 Å². The molecule has 0 aromatic carbocycles. The Morgan fingerprint density at radius 1 is 1.42 bits per heavy atom. The molecule has 0 spiro atoms. The maximum Gasteiger partial charge on any atom is 0.290 e. The van der Waals surface area contributed by atoms with Gasteiger partial charge in [-0.05, 0) is 31.9 Å². The third kappa shape index (κ3) is 3.97. The van der Waals surface area contributed by atoms with Gasteiger partial charge in [-0.3, -0.25) is 4.99 Å². The van der Waals surface area contributed by atoms with Crippen molar-refractivity contribution in [3.63, 3.8) is 0 Å². The van der Waals surface area contributed by atoms with Gasteiger partial charge in [-0.25, -0.2) is 4.98 Å². The van der Waals surface area contributed by atoms with Crippen LogP contribution < -0.4 is 9.47 Å². The van der Waals surface area contributed by atoms with Crippen molar-refractivity contribution in [2.24, 2.45) is 4.99 Å². The number of hydrogen-bond acceptors (Lipinski definition) is 6. The molecule has 0 radical (unpaired) electrons. The second-order valence-corrected chi connectivity index (χ2v) is 5.95. The van der Waals surface area contributed by atoms with Crippen LogP contribution in [0.4, 0.5) is 0 Å². The maximum atomic E-state index is 6.16. The van der Waals surface area contributed by atoms with Crippen LogP contribution in [0, 0.1) is 0 Å². The summed E-state index contributed by atoms with van der Waals surface area (Å²) in [4.78, 5) is 10.1. The zero-order valence-corrected chi connectivity index (χ0v) is 15.2. The van der Waals surface area contributed by atoms with Crippen LogP contribution in [0.25, 0.3) is 5.70 Å². The number of rotatable bonds is 6. The lowest BCUT2D eigenvalue weighted by Crippen LogP contribution is -2.20. The van der Waals surface area contributed by atoms with Crippen LogP contribution in [0.2, 0.25) is 0 Å². The first kappa shape index (κ1) is 17.8. The summed E-state index contributed by atoms with van der Waals surface area (Å²) in [6.45, 7) is 6.05. The molecular weight excluding hydrogens is 354 g/mol. The van der Waals surface area contributed by atoms with Gasteiger partial charge in [-0.1, -0.05) is 11.6 Å². The van der Waals surface area contributed by atoms with Gasteiger partial charge in [0.2, 0.25) is 5.88 Å². The Bertz CT molecular complexity index is 882. The van der Waals surface area contributed by atoms with Crippen molar-refractivity contribution < 1.29 is 13.9 Å². The molecular formula is C19H18ClN3O3. The molecule has 1 aliphatic rings. The fraction of sp³-hybridized carbons (Fsp3) is 0.158. The summed E-state index contributed by atoms with van der Waals surface area (Å²) in [5.41, 5.74) is 2.40. The Morgan fingerprint density at radius 3 is 2.92 bits per heavy atom. The number of aromatic nitrogens is 1. The highest BCUT2D eigenvalue weighted by Gasteiger charge is 2.18. The zero-order valence-electron chi connectivity index (χ0n) is 14.5. The first-order valence-electron chi connectivity index (χ1n) is 7.84. The van der Waals surface area contributed by atoms with E-state index >= 15 is 0 Å². The molecule has 0 saturated heterocycles. The van der Waals surface area contributed by atoms with Gasteiger partial charge in [0.1, 0.15) is 12.0 Å². The van der Waals surface area contributed by atoms with Crippen LogP contribution in [-0.4, -0.2) is 30.3 Å². The molecule has 134 valence electrons. The number of methoxy groups -OCH3 is 1. The van der Waals surface area contributed by atoms with E-state index in [0.29, 0.717) is 24.1 Å². The van der Waals surface area contributed by atoms with Gasteiger partial charge in [0.25, 0.3) is 5.95 Å². The van der Waals surface area contributed by atoms with Crippen LogP contribution in [-0.2, 0) is 0 Å². The second kappa shape index (κ2) is 7.93. The lowest BCUT2D eigenvalue weighted by Gasteiger charge is -2.25. The molecule has 2 aromatic heterocycles. The highest BCUT2D eigenvalue weighted by Crippen LogP contribution is 2.32. The first-order chi connectivity index (χ1) is 12.6. The fourth-order valence-electron chi connectivity index (χ4n) is 2.49. The fourth-order valence-corrected chi connectivity index (χ4v) is 2.69. The normalized spacial score (nSPS) is 14.6. The third-order valence-corrected chi connectivity index (χ3v) is 3.96. The number of hydrogen-bond donors (Lipinski definition) is 0. The summed E-state index contributed by atoms with van der Waals surface area (Å²) in [6, 6.07) is 5.25. The SMILES string of the molecule is C=N/C(C)=C(/c1coc(Oc2ccc(OC)nc2)c1)N1C=CC=C(Cl)C1. The van der Waals surface area contributed by atoms with E-state index in [1.165, 1.54) is 0 Å². The van der Waals surface area contributed by atoms with E-state index in [1.807, 2.05) is 30.2 Å². The van der Waals surface area contributed by atoms with Gasteiger partial charge >= 0.3 is 0 Å². The minimum atomic E-state index is 0.337. The molecule has 3 rings (SSSR count). The summed E-state index contributed by atoms with van der Waals surface area (Å²) >= 11 is 6.16. The number of pyridine rings is 1. The van der Waals surface area contributed by atoms with Gasteiger partial charge in [-0.2, -0.15) is 0 Å². The molecule has 2 aromatic rings. The monoisotopic (exact) mass is 371 g/mol. The first-order valence-corrected chi connectivity index (χ1v) is 8.22. The molecule has 1 aliphatic heterocycles. The van der Waals surface area contributed by atoms with Crippen molar-refractivity contribution in [1.82, 2.24) is 9.88 Å². The standard InChI is InChI=1S/C19H18ClN3O3/c1-13(21-2)19(23-8-4-5-15(20)11-23)14-9-18(25-12-14)26-16-6-7-17(24-3)22-10-16/h4-10,12H,2,11H2,1,3H3/b19-13-. The van der Waals surface area contributed by atoms with Crippen molar-refractivity contribution in [3.8, 4) is 17.6 Å². The van der Waals surface area contributed by atoms with Crippen molar-refractivity contribution in [3.05, 3.63) is 65.3 Å². The quantitative estimate of drug-likeness (QED) is 0.681. The molecule has 3 heterocycles. The van der Waals surface area contributed by atoms with Gasteiger partial charge in [0.05, 0.1) is 31.2 Å². The summed E-state index contributed by atoms with van der Waals surface area (Å²) in [5.74, 6) is 1.39. The predicted octanol–water partition coefficient (Wildman–Crippen LogP) is 4.82. The topological polar surface area (TPSA) is 60.1 Å². The molecule has 0 unspecified atom stereocenters. The number of furan rings is 1. The highest BCUT2D eigenvalue weighted by atomic mass is 35.5. The molecule has 0 aliphatic carbocycles. The van der Waals surface area contributed by atoms with E-state index < -0.39 is 0 Å². The van der Waals surface area contributed by atoms with Gasteiger partial charge < -0.3 is 18.8 Å². The van der Waals surface area contributed by atoms with Crippen LogP contribution in [0.3, 0.4) is 0 Å². The lowest BCUT2D eigenvalue weighted by molar-refractivity contribution is 0.343. The van der Waals surface area contributed by atoms with Crippen molar-refractivity contribution in [2.45, 2.75) is 6.92 Å². The molecule has 0 N–H and O–H groups in total. The van der Waals surface area contributed by atoms with Gasteiger partial charge in [0, 0.05) is 28.9 Å². The second-order valence-electron chi connectivity index (χ2n) is 5.47. The van der Waals surface area contributed by atoms with Crippen LogP contribution in [0.5, 0.6) is 17.6 Å². The van der Waals surface area contributed by atoms with Crippen LogP contribution >= 0.6 is 11.6 Å². The minimum Gasteiger partial charge on any atom is -0.481 e. The average Bonchev–Trinajstić information content (AvgIpc) is 3.10. The smallest absolute Gasteiger partial charge is 0.290 e. The van der Waals surface area contributed by atoms with Crippen LogP contribution in [0.1, 0.15) is 12.5 Å². The summed E-state index contributed by atoms with van der Waals surface area (Å²) in [6.07, 6.45) is 8.83. The third-order valence-electron chi connectivity index (χ3n) is 3.72. The molecule has 26 heavy (non-hydrogen) atoms. The van der Waals surface area contributed by atoms with E-state index in [-0.39, 0.29) is 0 Å². The molecule has 0 bridgehead atoms. The number of ether oxygens (including phenoxy) is 2. The zero-order chi connectivity index (χ0) is 18.5. The van der Waals surface area contributed by atoms with Crippen molar-refractivity contribution in [2.75, 3.05) is 13.7 Å². The maximum absolute atomic E-state index is 6.16. The van der Waals surface area contributed by atoms with E-state index in [9.17, 15) is 0 Å². The van der Waals surface area contributed by atoms with Crippen molar-refractivity contribution >= 4 is 24.0 Å². The van der Waals surface area contributed by atoms with E-state index in [2.05, 4.69) is 16.7 Å². The molecule has 6 nitrogen and oxygen atoms in total. The van der Waals surface area contributed by atoms with Gasteiger partial charge in [-0.15, -0.1) is 0 Å². The number of nitrogens with zero attached hydrogens (tertiary/aromatic N) is 3. The summed E-state index contributed by atoms with van der Waals surface area (Å²) in [7, 11) is 1.56. The highest BCUT2D eigenvalue weighted by molar-refractivity contribution is 6.30. The van der Waals surface area contributed by atoms with Gasteiger partial charge in [0.15, 0.2) is 0 Å². The number of halogens is 1. The molecule has 7 heteroatoms. The summed E-state index contributed by atoms with van der Waals surface area (Å²) in [5, 5.41) is 0.728. The largest absolute Gasteiger partial charge is 0.481 e. The minimum absolute atomic E-state index is 0.337. The Balaban J connectivity index is 1.84. The lowest BCUT2D eigenvalue weighted by atomic mass is 10.1. The van der Waals surface area contributed by atoms with Crippen LogP contribution in [0.15, 0.2) is 69.1 Å². The Labute approximate surface area is 156 Å². The Morgan fingerprint density at radius 2 is 2.27 bits per heavy atom. The number of aliphatic imine (C=N–C) groups is 1. The molecule has 0 amide bonds. The Kier molecular flexibility index (Phi) is 5.43. The number of allylic oxidation sites excluding steroid dienone is 3. The van der Waals surface area contributed by atoms with E-state index in [1.54, 1.807) is 37.8 Å². The molecule has 0 saturated carbocycles. The average molecular weight is 372 g/mol.